The summed E-state index contributed by atoms with van der Waals surface area (Å²) in [5.74, 6) is -1.22. The Hall–Kier alpha value is -0.120. The smallest absolute Gasteiger partial charge is 0.188 e. The molecule has 1 fully saturated rings. The van der Waals surface area contributed by atoms with E-state index in [1.54, 1.807) is 0 Å². The topological polar surface area (TPSA) is 49.7 Å². The summed E-state index contributed by atoms with van der Waals surface area (Å²) in [4.78, 5) is 0. The van der Waals surface area contributed by atoms with Gasteiger partial charge in [0.25, 0.3) is 0 Å². The Labute approximate surface area is 54.3 Å². The lowest BCUT2D eigenvalue weighted by Gasteiger charge is -2.29. The summed E-state index contributed by atoms with van der Waals surface area (Å²) in [5, 5.41) is 17.8. The molecule has 3 heteroatoms. The maximum absolute atomic E-state index is 9.21. The second-order valence-corrected chi connectivity index (χ2v) is 2.41. The Morgan fingerprint density at radius 3 is 2.56 bits per heavy atom. The van der Waals surface area contributed by atoms with Gasteiger partial charge in [0, 0.05) is 6.42 Å². The van der Waals surface area contributed by atoms with Gasteiger partial charge in [-0.3, -0.25) is 0 Å². The van der Waals surface area contributed by atoms with Gasteiger partial charge >= 0.3 is 0 Å². The molecule has 1 aliphatic heterocycles. The Morgan fingerprint density at radius 2 is 2.22 bits per heavy atom. The summed E-state index contributed by atoms with van der Waals surface area (Å²) in [5.41, 5.74) is 0. The van der Waals surface area contributed by atoms with Crippen LogP contribution in [0.15, 0.2) is 0 Å². The maximum atomic E-state index is 9.21. The number of hydrogen-bond donors (Lipinski definition) is 2. The highest BCUT2D eigenvalue weighted by atomic mass is 16.6. The van der Waals surface area contributed by atoms with Crippen LogP contribution in [0.3, 0.4) is 0 Å². The van der Waals surface area contributed by atoms with Gasteiger partial charge in [0.2, 0.25) is 0 Å². The van der Waals surface area contributed by atoms with E-state index >= 15 is 0 Å². The van der Waals surface area contributed by atoms with Crippen LogP contribution in [0.1, 0.15) is 19.3 Å². The van der Waals surface area contributed by atoms with E-state index in [2.05, 4.69) is 0 Å². The van der Waals surface area contributed by atoms with E-state index < -0.39 is 5.79 Å². The summed E-state index contributed by atoms with van der Waals surface area (Å²) in [7, 11) is 0. The normalized spacial score (nSPS) is 36.7. The highest BCUT2D eigenvalue weighted by Crippen LogP contribution is 2.20. The van der Waals surface area contributed by atoms with Crippen LogP contribution in [0.5, 0.6) is 0 Å². The van der Waals surface area contributed by atoms with E-state index in [9.17, 15) is 5.11 Å². The zero-order chi connectivity index (χ0) is 6.74. The van der Waals surface area contributed by atoms with Crippen molar-refractivity contribution in [3.8, 4) is 0 Å². The van der Waals surface area contributed by atoms with Crippen molar-refractivity contribution in [2.75, 3.05) is 13.2 Å². The average molecular weight is 132 g/mol. The van der Waals surface area contributed by atoms with Crippen molar-refractivity contribution in [2.24, 2.45) is 0 Å². The van der Waals surface area contributed by atoms with Gasteiger partial charge in [-0.15, -0.1) is 0 Å². The molecule has 0 amide bonds. The fraction of sp³-hybridized carbons (Fsp3) is 1.00. The molecule has 0 radical (unpaired) electrons. The van der Waals surface area contributed by atoms with Crippen LogP contribution in [-0.2, 0) is 4.74 Å². The molecule has 0 aliphatic carbocycles. The summed E-state index contributed by atoms with van der Waals surface area (Å²) < 4.78 is 4.92. The Morgan fingerprint density at radius 1 is 1.44 bits per heavy atom. The van der Waals surface area contributed by atoms with Crippen molar-refractivity contribution in [3.63, 3.8) is 0 Å². The molecular formula is C6H12O3. The summed E-state index contributed by atoms with van der Waals surface area (Å²) in [6.45, 7) is 0.282. The zero-order valence-corrected chi connectivity index (χ0v) is 5.34. The molecule has 1 saturated heterocycles. The molecule has 0 bridgehead atoms. The monoisotopic (exact) mass is 132 g/mol. The van der Waals surface area contributed by atoms with Crippen molar-refractivity contribution in [1.82, 2.24) is 0 Å². The number of aliphatic hydroxyl groups excluding tert-OH is 1. The third kappa shape index (κ3) is 1.64. The first kappa shape index (κ1) is 6.99. The van der Waals surface area contributed by atoms with E-state index in [1.165, 1.54) is 0 Å². The fourth-order valence-electron chi connectivity index (χ4n) is 0.962. The third-order valence-corrected chi connectivity index (χ3v) is 1.58. The summed E-state index contributed by atoms with van der Waals surface area (Å²) in [6.07, 6.45) is 2.49. The van der Waals surface area contributed by atoms with Crippen LogP contribution in [0.2, 0.25) is 0 Å². The number of aliphatic hydroxyl groups is 2. The Kier molecular flexibility index (Phi) is 2.05. The molecule has 54 valence electrons. The van der Waals surface area contributed by atoms with Crippen molar-refractivity contribution < 1.29 is 14.9 Å². The van der Waals surface area contributed by atoms with E-state index in [0.717, 1.165) is 12.8 Å². The molecule has 0 saturated carbocycles. The minimum Gasteiger partial charge on any atom is -0.391 e. The van der Waals surface area contributed by atoms with Gasteiger partial charge in [0.05, 0.1) is 13.2 Å². The molecule has 0 aromatic carbocycles. The molecular weight excluding hydrogens is 120 g/mol. The lowest BCUT2D eigenvalue weighted by Crippen LogP contribution is -2.39. The minimum atomic E-state index is -1.22. The van der Waals surface area contributed by atoms with Crippen molar-refractivity contribution in [3.05, 3.63) is 0 Å². The second-order valence-electron chi connectivity index (χ2n) is 2.41. The first-order valence-corrected chi connectivity index (χ1v) is 3.24. The summed E-state index contributed by atoms with van der Waals surface area (Å²) in [6, 6.07) is 0. The fourth-order valence-corrected chi connectivity index (χ4v) is 0.962. The predicted octanol–water partition coefficient (Wildman–Crippen LogP) is -0.132. The number of ether oxygens (including phenoxy) is 1. The molecule has 3 nitrogen and oxygen atoms in total. The maximum Gasteiger partial charge on any atom is 0.188 e. The van der Waals surface area contributed by atoms with Crippen LogP contribution in [-0.4, -0.2) is 29.2 Å². The molecule has 1 aliphatic rings. The van der Waals surface area contributed by atoms with E-state index in [0.29, 0.717) is 13.0 Å². The van der Waals surface area contributed by atoms with E-state index in [-0.39, 0.29) is 6.61 Å². The van der Waals surface area contributed by atoms with Crippen LogP contribution in [0, 0.1) is 0 Å². The van der Waals surface area contributed by atoms with E-state index in [4.69, 9.17) is 9.84 Å². The third-order valence-electron chi connectivity index (χ3n) is 1.58. The number of hydrogen-bond acceptors (Lipinski definition) is 3. The Balaban J connectivity index is 2.37. The van der Waals surface area contributed by atoms with Gasteiger partial charge in [0.1, 0.15) is 0 Å². The average Bonchev–Trinajstić information content (AvgIpc) is 1.90. The Bertz CT molecular complexity index is 86.3. The summed E-state index contributed by atoms with van der Waals surface area (Å²) >= 11 is 0. The van der Waals surface area contributed by atoms with E-state index in [1.807, 2.05) is 0 Å². The molecule has 2 N–H and O–H groups in total. The van der Waals surface area contributed by atoms with Gasteiger partial charge < -0.3 is 14.9 Å². The van der Waals surface area contributed by atoms with Gasteiger partial charge in [-0.25, -0.2) is 0 Å². The van der Waals surface area contributed by atoms with Gasteiger partial charge in [-0.05, 0) is 12.8 Å². The second kappa shape index (κ2) is 2.64. The minimum absolute atomic E-state index is 0.285. The SMILES string of the molecule is OCC1(O)CCCCO1. The molecule has 1 heterocycles. The molecule has 0 spiro atoms. The standard InChI is InChI=1S/C6H12O3/c7-5-6(8)3-1-2-4-9-6/h7-8H,1-5H2. The van der Waals surface area contributed by atoms with Crippen molar-refractivity contribution in [2.45, 2.75) is 25.0 Å². The van der Waals surface area contributed by atoms with Crippen molar-refractivity contribution >= 4 is 0 Å². The molecule has 1 unspecified atom stereocenters. The van der Waals surface area contributed by atoms with Crippen LogP contribution < -0.4 is 0 Å². The van der Waals surface area contributed by atoms with Crippen LogP contribution >= 0.6 is 0 Å². The lowest BCUT2D eigenvalue weighted by molar-refractivity contribution is -0.242. The first-order chi connectivity index (χ1) is 4.27. The predicted molar refractivity (Wildman–Crippen MR) is 31.8 cm³/mol. The molecule has 0 aromatic heterocycles. The van der Waals surface area contributed by atoms with Gasteiger partial charge in [-0.2, -0.15) is 0 Å². The van der Waals surface area contributed by atoms with Crippen LogP contribution in [0.25, 0.3) is 0 Å². The highest BCUT2D eigenvalue weighted by molar-refractivity contribution is 4.69. The lowest BCUT2D eigenvalue weighted by atomic mass is 10.1. The molecule has 1 atom stereocenters. The zero-order valence-electron chi connectivity index (χ0n) is 5.34. The van der Waals surface area contributed by atoms with Crippen LogP contribution in [0.4, 0.5) is 0 Å². The van der Waals surface area contributed by atoms with Gasteiger partial charge in [0.15, 0.2) is 5.79 Å². The highest BCUT2D eigenvalue weighted by Gasteiger charge is 2.28. The number of rotatable bonds is 1. The first-order valence-electron chi connectivity index (χ1n) is 3.24. The van der Waals surface area contributed by atoms with Crippen molar-refractivity contribution in [1.29, 1.82) is 0 Å². The molecule has 0 aromatic rings. The molecule has 9 heavy (non-hydrogen) atoms. The van der Waals surface area contributed by atoms with Gasteiger partial charge in [-0.1, -0.05) is 0 Å². The molecule has 1 rings (SSSR count). The quantitative estimate of drug-likeness (QED) is 0.522. The largest absolute Gasteiger partial charge is 0.391 e.